The Morgan fingerprint density at radius 3 is 2.60 bits per heavy atom. The molecule has 0 radical (unpaired) electrons. The van der Waals surface area contributed by atoms with Crippen molar-refractivity contribution in [2.24, 2.45) is 11.1 Å². The zero-order valence-corrected chi connectivity index (χ0v) is 11.9. The summed E-state index contributed by atoms with van der Waals surface area (Å²) >= 11 is 0. The van der Waals surface area contributed by atoms with Gasteiger partial charge in [-0.1, -0.05) is 42.5 Å². The number of hydrogen-bond donors (Lipinski definition) is 2. The van der Waals surface area contributed by atoms with Crippen LogP contribution in [0.5, 0.6) is 0 Å². The van der Waals surface area contributed by atoms with Crippen LogP contribution in [0.25, 0.3) is 0 Å². The zero-order chi connectivity index (χ0) is 14.8. The van der Waals surface area contributed by atoms with Crippen LogP contribution in [-0.2, 0) is 16.1 Å². The molecule has 20 heavy (non-hydrogen) atoms. The maximum Gasteiger partial charge on any atom is 0.319 e. The van der Waals surface area contributed by atoms with E-state index in [0.29, 0.717) is 6.42 Å². The van der Waals surface area contributed by atoms with Crippen molar-refractivity contribution in [3.05, 3.63) is 48.0 Å². The molecule has 0 saturated carbocycles. The molecule has 3 N–H and O–H groups in total. The van der Waals surface area contributed by atoms with Crippen LogP contribution in [0, 0.1) is 5.41 Å². The Kier molecular flexibility index (Phi) is 3.97. The third-order valence-electron chi connectivity index (χ3n) is 3.85. The van der Waals surface area contributed by atoms with E-state index in [-0.39, 0.29) is 12.6 Å². The SMILES string of the molecule is CC(C)(O)C1(C(=O)OCc2ccccc2)C=CC(N)C1. The first-order valence-corrected chi connectivity index (χ1v) is 6.74. The first-order chi connectivity index (χ1) is 9.35. The van der Waals surface area contributed by atoms with Gasteiger partial charge >= 0.3 is 5.97 Å². The van der Waals surface area contributed by atoms with Gasteiger partial charge in [-0.2, -0.15) is 0 Å². The van der Waals surface area contributed by atoms with Crippen molar-refractivity contribution < 1.29 is 14.6 Å². The van der Waals surface area contributed by atoms with Gasteiger partial charge in [0.15, 0.2) is 0 Å². The lowest BCUT2D eigenvalue weighted by Gasteiger charge is -2.37. The Labute approximate surface area is 119 Å². The first kappa shape index (κ1) is 14.8. The number of nitrogens with two attached hydrogens (primary N) is 1. The van der Waals surface area contributed by atoms with Gasteiger partial charge in [-0.25, -0.2) is 0 Å². The average molecular weight is 275 g/mol. The Morgan fingerprint density at radius 1 is 1.45 bits per heavy atom. The number of hydrogen-bond acceptors (Lipinski definition) is 4. The molecule has 2 rings (SSSR count). The van der Waals surface area contributed by atoms with Crippen LogP contribution in [-0.4, -0.2) is 22.7 Å². The van der Waals surface area contributed by atoms with E-state index >= 15 is 0 Å². The Balaban J connectivity index is 2.11. The molecule has 0 bridgehead atoms. The number of aliphatic hydroxyl groups is 1. The second-order valence-corrected chi connectivity index (χ2v) is 5.82. The second-order valence-electron chi connectivity index (χ2n) is 5.82. The highest BCUT2D eigenvalue weighted by atomic mass is 16.5. The van der Waals surface area contributed by atoms with Crippen LogP contribution in [0.2, 0.25) is 0 Å². The molecule has 0 aromatic heterocycles. The maximum atomic E-state index is 12.4. The lowest BCUT2D eigenvalue weighted by atomic mass is 9.73. The molecule has 1 aromatic rings. The third kappa shape index (κ3) is 2.76. The van der Waals surface area contributed by atoms with E-state index in [1.165, 1.54) is 0 Å². The molecule has 4 heteroatoms. The van der Waals surface area contributed by atoms with Crippen molar-refractivity contribution in [2.45, 2.75) is 38.5 Å². The van der Waals surface area contributed by atoms with E-state index in [1.54, 1.807) is 26.0 Å². The van der Waals surface area contributed by atoms with Crippen LogP contribution in [0.15, 0.2) is 42.5 Å². The fraction of sp³-hybridized carbons (Fsp3) is 0.438. The van der Waals surface area contributed by atoms with Crippen LogP contribution < -0.4 is 5.73 Å². The predicted molar refractivity (Wildman–Crippen MR) is 76.7 cm³/mol. The predicted octanol–water partition coefficient (Wildman–Crippen LogP) is 1.77. The molecular weight excluding hydrogens is 254 g/mol. The monoisotopic (exact) mass is 275 g/mol. The van der Waals surface area contributed by atoms with Gasteiger partial charge in [0.05, 0.1) is 5.60 Å². The summed E-state index contributed by atoms with van der Waals surface area (Å²) in [6.07, 6.45) is 3.80. The van der Waals surface area contributed by atoms with Crippen molar-refractivity contribution in [1.29, 1.82) is 0 Å². The first-order valence-electron chi connectivity index (χ1n) is 6.74. The van der Waals surface area contributed by atoms with Crippen LogP contribution in [0.1, 0.15) is 25.8 Å². The number of ether oxygens (including phenoxy) is 1. The van der Waals surface area contributed by atoms with E-state index in [9.17, 15) is 9.90 Å². The second kappa shape index (κ2) is 5.38. The largest absolute Gasteiger partial charge is 0.460 e. The summed E-state index contributed by atoms with van der Waals surface area (Å²) in [7, 11) is 0. The highest BCUT2D eigenvalue weighted by Gasteiger charge is 2.52. The number of benzene rings is 1. The molecule has 108 valence electrons. The van der Waals surface area contributed by atoms with Gasteiger partial charge in [-0.15, -0.1) is 0 Å². The molecule has 2 atom stereocenters. The van der Waals surface area contributed by atoms with Crippen molar-refractivity contribution in [1.82, 2.24) is 0 Å². The van der Waals surface area contributed by atoms with E-state index < -0.39 is 17.0 Å². The topological polar surface area (TPSA) is 72.5 Å². The number of esters is 1. The number of carbonyl (C=O) groups is 1. The molecule has 1 aliphatic rings. The summed E-state index contributed by atoms with van der Waals surface area (Å²) in [5.41, 5.74) is 4.48. The molecular formula is C16H21NO3. The molecule has 0 spiro atoms. The third-order valence-corrected chi connectivity index (χ3v) is 3.85. The minimum absolute atomic E-state index is 0.195. The van der Waals surface area contributed by atoms with Gasteiger partial charge in [0.2, 0.25) is 0 Å². The quantitative estimate of drug-likeness (QED) is 0.649. The lowest BCUT2D eigenvalue weighted by molar-refractivity contribution is -0.167. The van der Waals surface area contributed by atoms with Crippen LogP contribution in [0.4, 0.5) is 0 Å². The lowest BCUT2D eigenvalue weighted by Crippen LogP contribution is -2.49. The van der Waals surface area contributed by atoms with E-state index in [4.69, 9.17) is 10.5 Å². The summed E-state index contributed by atoms with van der Waals surface area (Å²) in [4.78, 5) is 12.4. The molecule has 0 amide bonds. The molecule has 1 aromatic carbocycles. The van der Waals surface area contributed by atoms with E-state index in [0.717, 1.165) is 5.56 Å². The van der Waals surface area contributed by atoms with Gasteiger partial charge in [-0.05, 0) is 25.8 Å². The minimum Gasteiger partial charge on any atom is -0.460 e. The summed E-state index contributed by atoms with van der Waals surface area (Å²) in [6, 6.07) is 9.23. The minimum atomic E-state index is -1.22. The smallest absolute Gasteiger partial charge is 0.319 e. The molecule has 0 fully saturated rings. The van der Waals surface area contributed by atoms with Crippen molar-refractivity contribution in [3.8, 4) is 0 Å². The van der Waals surface area contributed by atoms with E-state index in [1.807, 2.05) is 30.3 Å². The molecule has 4 nitrogen and oxygen atoms in total. The summed E-state index contributed by atoms with van der Waals surface area (Å²) in [5, 5.41) is 10.3. The summed E-state index contributed by atoms with van der Waals surface area (Å²) in [6.45, 7) is 3.42. The van der Waals surface area contributed by atoms with Gasteiger partial charge in [0.1, 0.15) is 12.0 Å². The molecule has 2 unspecified atom stereocenters. The van der Waals surface area contributed by atoms with Gasteiger partial charge in [-0.3, -0.25) is 4.79 Å². The number of carbonyl (C=O) groups excluding carboxylic acids is 1. The molecule has 0 aliphatic heterocycles. The Bertz CT molecular complexity index is 504. The van der Waals surface area contributed by atoms with Crippen molar-refractivity contribution >= 4 is 5.97 Å². The van der Waals surface area contributed by atoms with Gasteiger partial charge in [0.25, 0.3) is 0 Å². The highest BCUT2D eigenvalue weighted by molar-refractivity contribution is 5.81. The normalized spacial score (nSPS) is 25.7. The van der Waals surface area contributed by atoms with Crippen LogP contribution >= 0.6 is 0 Å². The standard InChI is InChI=1S/C16H21NO3/c1-15(2,19)16(9-8-13(17)10-16)14(18)20-11-12-6-4-3-5-7-12/h3-9,13,19H,10-11,17H2,1-2H3. The fourth-order valence-corrected chi connectivity index (χ4v) is 2.50. The molecule has 0 heterocycles. The van der Waals surface area contributed by atoms with Gasteiger partial charge < -0.3 is 15.6 Å². The molecule has 0 saturated heterocycles. The highest BCUT2D eigenvalue weighted by Crippen LogP contribution is 2.42. The van der Waals surface area contributed by atoms with E-state index in [2.05, 4.69) is 0 Å². The van der Waals surface area contributed by atoms with Crippen LogP contribution in [0.3, 0.4) is 0 Å². The number of rotatable bonds is 4. The van der Waals surface area contributed by atoms with Gasteiger partial charge in [0, 0.05) is 6.04 Å². The average Bonchev–Trinajstić information content (AvgIpc) is 2.80. The van der Waals surface area contributed by atoms with Crippen molar-refractivity contribution in [3.63, 3.8) is 0 Å². The Morgan fingerprint density at radius 2 is 2.10 bits per heavy atom. The summed E-state index contributed by atoms with van der Waals surface area (Å²) < 4.78 is 5.38. The Hall–Kier alpha value is -1.65. The summed E-state index contributed by atoms with van der Waals surface area (Å²) in [5.74, 6) is -0.432. The fourth-order valence-electron chi connectivity index (χ4n) is 2.50. The maximum absolute atomic E-state index is 12.4. The zero-order valence-electron chi connectivity index (χ0n) is 11.9. The van der Waals surface area contributed by atoms with Crippen molar-refractivity contribution in [2.75, 3.05) is 0 Å². The molecule has 1 aliphatic carbocycles.